The fourth-order valence-electron chi connectivity index (χ4n) is 2.12. The third-order valence-electron chi connectivity index (χ3n) is 3.43. The van der Waals surface area contributed by atoms with Crippen LogP contribution in [0.2, 0.25) is 0 Å². The fraction of sp³-hybridized carbons (Fsp3) is 0.105. The topological polar surface area (TPSA) is 79.5 Å². The van der Waals surface area contributed by atoms with Crippen molar-refractivity contribution in [3.8, 4) is 5.75 Å². The molecule has 2 aromatic rings. The van der Waals surface area contributed by atoms with Gasteiger partial charge < -0.3 is 15.4 Å². The summed E-state index contributed by atoms with van der Waals surface area (Å²) in [4.78, 5) is 23.8. The molecule has 6 nitrogen and oxygen atoms in total. The highest BCUT2D eigenvalue weighted by molar-refractivity contribution is 7.80. The zero-order chi connectivity index (χ0) is 18.9. The third kappa shape index (κ3) is 5.42. The Balaban J connectivity index is 1.96. The van der Waals surface area contributed by atoms with Crippen molar-refractivity contribution >= 4 is 40.9 Å². The summed E-state index contributed by atoms with van der Waals surface area (Å²) in [7, 11) is 3.14. The SMILES string of the molecule is CNC(=O)c1ccccc1NC(=S)NC(=O)/C=C/c1ccc(OC)cc1. The highest BCUT2D eigenvalue weighted by Gasteiger charge is 2.10. The molecule has 3 N–H and O–H groups in total. The van der Waals surface area contributed by atoms with Gasteiger partial charge in [0.05, 0.1) is 18.4 Å². The lowest BCUT2D eigenvalue weighted by molar-refractivity contribution is -0.115. The quantitative estimate of drug-likeness (QED) is 0.558. The van der Waals surface area contributed by atoms with E-state index in [1.54, 1.807) is 56.6 Å². The van der Waals surface area contributed by atoms with Gasteiger partial charge in [-0.1, -0.05) is 24.3 Å². The Kier molecular flexibility index (Phi) is 6.87. The molecule has 7 heteroatoms. The summed E-state index contributed by atoms with van der Waals surface area (Å²) in [5.41, 5.74) is 1.79. The first-order chi connectivity index (χ1) is 12.5. The average molecular weight is 369 g/mol. The molecule has 0 fully saturated rings. The third-order valence-corrected chi connectivity index (χ3v) is 3.63. The van der Waals surface area contributed by atoms with Crippen LogP contribution in [0.3, 0.4) is 0 Å². The Morgan fingerprint density at radius 2 is 1.77 bits per heavy atom. The number of thiocarbonyl (C=S) groups is 1. The molecule has 2 amide bonds. The minimum absolute atomic E-state index is 0.103. The van der Waals surface area contributed by atoms with E-state index >= 15 is 0 Å². The van der Waals surface area contributed by atoms with E-state index in [1.165, 1.54) is 6.08 Å². The smallest absolute Gasteiger partial charge is 0.253 e. The summed E-state index contributed by atoms with van der Waals surface area (Å²) in [6.45, 7) is 0. The van der Waals surface area contributed by atoms with Crippen molar-refractivity contribution in [1.82, 2.24) is 10.6 Å². The Labute approximate surface area is 157 Å². The molecule has 0 radical (unpaired) electrons. The molecule has 0 bridgehead atoms. The van der Waals surface area contributed by atoms with Gasteiger partial charge in [0.25, 0.3) is 5.91 Å². The van der Waals surface area contributed by atoms with E-state index in [0.29, 0.717) is 11.3 Å². The van der Waals surface area contributed by atoms with Crippen molar-refractivity contribution in [3.63, 3.8) is 0 Å². The average Bonchev–Trinajstić information content (AvgIpc) is 2.66. The number of amides is 2. The molecule has 0 atom stereocenters. The van der Waals surface area contributed by atoms with Gasteiger partial charge >= 0.3 is 0 Å². The van der Waals surface area contributed by atoms with E-state index in [-0.39, 0.29) is 16.9 Å². The number of rotatable bonds is 5. The second-order valence-corrected chi connectivity index (χ2v) is 5.58. The molecule has 0 saturated carbocycles. The van der Waals surface area contributed by atoms with E-state index in [4.69, 9.17) is 17.0 Å². The van der Waals surface area contributed by atoms with Gasteiger partial charge in [-0.3, -0.25) is 14.9 Å². The van der Waals surface area contributed by atoms with E-state index in [1.807, 2.05) is 12.1 Å². The normalized spacial score (nSPS) is 10.2. The zero-order valence-electron chi connectivity index (χ0n) is 14.4. The molecular weight excluding hydrogens is 350 g/mol. The molecule has 0 heterocycles. The summed E-state index contributed by atoms with van der Waals surface area (Å²) in [5.74, 6) is 0.115. The first kappa shape index (κ1) is 19.1. The minimum atomic E-state index is -0.379. The molecule has 2 rings (SSSR count). The van der Waals surface area contributed by atoms with Crippen LogP contribution >= 0.6 is 12.2 Å². The van der Waals surface area contributed by atoms with Crippen LogP contribution in [0.15, 0.2) is 54.6 Å². The van der Waals surface area contributed by atoms with Crippen molar-refractivity contribution in [2.45, 2.75) is 0 Å². The van der Waals surface area contributed by atoms with E-state index in [0.717, 1.165) is 11.3 Å². The number of hydrogen-bond donors (Lipinski definition) is 3. The molecule has 0 saturated heterocycles. The van der Waals surface area contributed by atoms with Crippen LogP contribution in [0.25, 0.3) is 6.08 Å². The van der Waals surface area contributed by atoms with Gasteiger partial charge in [-0.2, -0.15) is 0 Å². The zero-order valence-corrected chi connectivity index (χ0v) is 15.2. The monoisotopic (exact) mass is 369 g/mol. The Morgan fingerprint density at radius 3 is 2.42 bits per heavy atom. The van der Waals surface area contributed by atoms with E-state index in [2.05, 4.69) is 16.0 Å². The molecule has 0 unspecified atom stereocenters. The van der Waals surface area contributed by atoms with Gasteiger partial charge in [0, 0.05) is 13.1 Å². The number of methoxy groups -OCH3 is 1. The summed E-state index contributed by atoms with van der Waals surface area (Å²) >= 11 is 5.13. The molecule has 2 aromatic carbocycles. The van der Waals surface area contributed by atoms with Crippen molar-refractivity contribution in [1.29, 1.82) is 0 Å². The van der Waals surface area contributed by atoms with Crippen molar-refractivity contribution in [2.75, 3.05) is 19.5 Å². The first-order valence-electron chi connectivity index (χ1n) is 7.78. The maximum absolute atomic E-state index is 12.0. The Hall–Kier alpha value is -3.19. The lowest BCUT2D eigenvalue weighted by Gasteiger charge is -2.11. The van der Waals surface area contributed by atoms with Crippen LogP contribution < -0.4 is 20.7 Å². The number of anilines is 1. The van der Waals surface area contributed by atoms with Gasteiger partial charge in [0.2, 0.25) is 5.91 Å². The Bertz CT molecular complexity index is 832. The summed E-state index contributed by atoms with van der Waals surface area (Å²) in [5, 5.41) is 8.06. The molecule has 0 aliphatic heterocycles. The van der Waals surface area contributed by atoms with Crippen molar-refractivity contribution < 1.29 is 14.3 Å². The van der Waals surface area contributed by atoms with Crippen LogP contribution in [-0.4, -0.2) is 31.1 Å². The maximum atomic E-state index is 12.0. The number of hydrogen-bond acceptors (Lipinski definition) is 4. The van der Waals surface area contributed by atoms with Crippen LogP contribution in [0.5, 0.6) is 5.75 Å². The van der Waals surface area contributed by atoms with Gasteiger partial charge in [-0.15, -0.1) is 0 Å². The van der Waals surface area contributed by atoms with Crippen molar-refractivity contribution in [2.24, 2.45) is 0 Å². The maximum Gasteiger partial charge on any atom is 0.253 e. The lowest BCUT2D eigenvalue weighted by Crippen LogP contribution is -2.33. The molecule has 0 aliphatic carbocycles. The number of nitrogens with one attached hydrogen (secondary N) is 3. The summed E-state index contributed by atoms with van der Waals surface area (Å²) in [6.07, 6.45) is 3.04. The number of carbonyl (C=O) groups excluding carboxylic acids is 2. The van der Waals surface area contributed by atoms with Gasteiger partial charge in [-0.25, -0.2) is 0 Å². The van der Waals surface area contributed by atoms with Crippen molar-refractivity contribution in [3.05, 3.63) is 65.7 Å². The van der Waals surface area contributed by atoms with Crippen LogP contribution in [-0.2, 0) is 4.79 Å². The number of carbonyl (C=O) groups is 2. The standard InChI is InChI=1S/C19H19N3O3S/c1-20-18(24)15-5-3-4-6-16(15)21-19(26)22-17(23)12-9-13-7-10-14(25-2)11-8-13/h3-12H,1-2H3,(H,20,24)(H2,21,22,23,26)/b12-9+. The van der Waals surface area contributed by atoms with Crippen LogP contribution in [0, 0.1) is 0 Å². The highest BCUT2D eigenvalue weighted by atomic mass is 32.1. The number of para-hydroxylation sites is 1. The molecule has 0 spiro atoms. The second-order valence-electron chi connectivity index (χ2n) is 5.17. The summed E-state index contributed by atoms with van der Waals surface area (Å²) in [6, 6.07) is 14.2. The molecule has 26 heavy (non-hydrogen) atoms. The van der Waals surface area contributed by atoms with E-state index < -0.39 is 0 Å². The largest absolute Gasteiger partial charge is 0.497 e. The van der Waals surface area contributed by atoms with Crippen LogP contribution in [0.1, 0.15) is 15.9 Å². The summed E-state index contributed by atoms with van der Waals surface area (Å²) < 4.78 is 5.08. The molecule has 134 valence electrons. The number of benzene rings is 2. The van der Waals surface area contributed by atoms with Crippen LogP contribution in [0.4, 0.5) is 5.69 Å². The Morgan fingerprint density at radius 1 is 1.08 bits per heavy atom. The first-order valence-corrected chi connectivity index (χ1v) is 8.19. The fourth-order valence-corrected chi connectivity index (χ4v) is 2.33. The predicted molar refractivity (Wildman–Crippen MR) is 106 cm³/mol. The predicted octanol–water partition coefficient (Wildman–Crippen LogP) is 2.58. The highest BCUT2D eigenvalue weighted by Crippen LogP contribution is 2.15. The molecule has 0 aliphatic rings. The second kappa shape index (κ2) is 9.33. The molecular formula is C19H19N3O3S. The minimum Gasteiger partial charge on any atom is -0.497 e. The van der Waals surface area contributed by atoms with E-state index in [9.17, 15) is 9.59 Å². The van der Waals surface area contributed by atoms with Gasteiger partial charge in [0.1, 0.15) is 5.75 Å². The van der Waals surface area contributed by atoms with Gasteiger partial charge in [-0.05, 0) is 48.1 Å². The molecule has 0 aromatic heterocycles. The number of ether oxygens (including phenoxy) is 1. The lowest BCUT2D eigenvalue weighted by atomic mass is 10.1. The van der Waals surface area contributed by atoms with Gasteiger partial charge in [0.15, 0.2) is 5.11 Å².